The summed E-state index contributed by atoms with van der Waals surface area (Å²) < 4.78 is 57.2. The van der Waals surface area contributed by atoms with Crippen LogP contribution >= 0.6 is 0 Å². The molecule has 2 aliphatic rings. The first kappa shape index (κ1) is 22.6. The summed E-state index contributed by atoms with van der Waals surface area (Å²) in [5.74, 6) is 4.63. The molecule has 0 heterocycles. The molecule has 0 N–H and O–H groups in total. The maximum Gasteiger partial charge on any atom is 0.338 e. The number of benzene rings is 1. The first-order valence-corrected chi connectivity index (χ1v) is 12.0. The quantitative estimate of drug-likeness (QED) is 0.382. The molecule has 30 heavy (non-hydrogen) atoms. The Kier molecular flexibility index (Phi) is 7.37. The molecule has 164 valence electrons. The van der Waals surface area contributed by atoms with Crippen LogP contribution < -0.4 is 4.74 Å². The van der Waals surface area contributed by atoms with Gasteiger partial charge in [0.1, 0.15) is 6.61 Å². The Hall–Kier alpha value is -2.11. The van der Waals surface area contributed by atoms with Crippen LogP contribution in [-0.4, -0.2) is 36.9 Å². The summed E-state index contributed by atoms with van der Waals surface area (Å²) >= 11 is 0. The summed E-state index contributed by atoms with van der Waals surface area (Å²) in [5, 5.41) is 0. The molecule has 0 atom stereocenters. The Balaban J connectivity index is 1.75. The highest BCUT2D eigenvalue weighted by Gasteiger charge is 2.34. The molecule has 0 spiro atoms. The second-order valence-electron chi connectivity index (χ2n) is 7.95. The summed E-state index contributed by atoms with van der Waals surface area (Å²) in [6.45, 7) is -0.560. The molecular weight excluding hydrogens is 411 g/mol. The lowest BCUT2D eigenvalue weighted by Gasteiger charge is -2.33. The van der Waals surface area contributed by atoms with Crippen LogP contribution in [0.25, 0.3) is 0 Å². The third kappa shape index (κ3) is 6.44. The molecule has 2 fully saturated rings. The third-order valence-electron chi connectivity index (χ3n) is 5.56. The minimum absolute atomic E-state index is 0.0180. The van der Waals surface area contributed by atoms with Gasteiger partial charge in [0.2, 0.25) is 0 Å². The third-order valence-corrected chi connectivity index (χ3v) is 6.23. The zero-order chi connectivity index (χ0) is 21.6. The van der Waals surface area contributed by atoms with E-state index in [1.165, 1.54) is 25.0 Å². The lowest BCUT2D eigenvalue weighted by atomic mass is 9.84. The maximum absolute atomic E-state index is 14.5. The predicted octanol–water partition coefficient (Wildman–Crippen LogP) is 3.80. The fourth-order valence-corrected chi connectivity index (χ4v) is 4.21. The van der Waals surface area contributed by atoms with E-state index in [0.29, 0.717) is 18.8 Å². The molecule has 0 amide bonds. The van der Waals surface area contributed by atoms with Gasteiger partial charge in [-0.2, -0.15) is 0 Å². The van der Waals surface area contributed by atoms with Crippen molar-refractivity contribution in [1.82, 2.24) is 0 Å². The van der Waals surface area contributed by atoms with E-state index in [0.717, 1.165) is 38.2 Å². The lowest BCUT2D eigenvalue weighted by Crippen LogP contribution is -2.37. The molecule has 0 bridgehead atoms. The van der Waals surface area contributed by atoms with Gasteiger partial charge < -0.3 is 14.0 Å². The molecule has 2 aliphatic carbocycles. The monoisotopic (exact) mass is 437 g/mol. The Morgan fingerprint density at radius 3 is 2.53 bits per heavy atom. The molecule has 2 saturated carbocycles. The van der Waals surface area contributed by atoms with Crippen molar-refractivity contribution in [2.45, 2.75) is 63.4 Å². The molecule has 0 aromatic heterocycles. The highest BCUT2D eigenvalue weighted by atomic mass is 32.2. The van der Waals surface area contributed by atoms with Crippen molar-refractivity contribution >= 4 is 16.1 Å². The van der Waals surface area contributed by atoms with Crippen LogP contribution in [0.2, 0.25) is 0 Å². The standard InChI is InChI=1S/C22H27FO6S/c23-19-9-8-18(21(24)28-14-15-30(25,26)27)16-20(19)29-22(11-4-1-5-12-22)13-10-17-6-2-3-7-17/h8-9,16-17H,1-7,11-12,14-15H2,(H,25,26,27)/p-1. The van der Waals surface area contributed by atoms with Crippen molar-refractivity contribution in [2.75, 3.05) is 12.4 Å². The minimum atomic E-state index is -4.48. The molecule has 0 radical (unpaired) electrons. The second kappa shape index (κ2) is 9.80. The smallest absolute Gasteiger partial charge is 0.338 e. The first-order chi connectivity index (χ1) is 14.3. The Morgan fingerprint density at radius 1 is 1.17 bits per heavy atom. The highest BCUT2D eigenvalue weighted by Crippen LogP contribution is 2.35. The van der Waals surface area contributed by atoms with Gasteiger partial charge in [-0.05, 0) is 56.7 Å². The summed E-state index contributed by atoms with van der Waals surface area (Å²) in [4.78, 5) is 12.1. The summed E-state index contributed by atoms with van der Waals surface area (Å²) in [7, 11) is -4.48. The Labute approximate surface area is 176 Å². The van der Waals surface area contributed by atoms with Crippen molar-refractivity contribution in [2.24, 2.45) is 5.92 Å². The minimum Gasteiger partial charge on any atom is -0.748 e. The average Bonchev–Trinajstić information content (AvgIpc) is 3.22. The number of ether oxygens (including phenoxy) is 2. The van der Waals surface area contributed by atoms with Crippen LogP contribution in [-0.2, 0) is 14.9 Å². The zero-order valence-corrected chi connectivity index (χ0v) is 17.6. The van der Waals surface area contributed by atoms with E-state index < -0.39 is 39.9 Å². The lowest BCUT2D eigenvalue weighted by molar-refractivity contribution is 0.0524. The van der Waals surface area contributed by atoms with Gasteiger partial charge >= 0.3 is 5.97 Å². The van der Waals surface area contributed by atoms with Crippen LogP contribution in [0.15, 0.2) is 18.2 Å². The van der Waals surface area contributed by atoms with Gasteiger partial charge in [0, 0.05) is 5.92 Å². The average molecular weight is 438 g/mol. The molecule has 1 aromatic carbocycles. The van der Waals surface area contributed by atoms with E-state index in [1.807, 2.05) is 0 Å². The van der Waals surface area contributed by atoms with Gasteiger partial charge in [0.05, 0.1) is 21.4 Å². The van der Waals surface area contributed by atoms with Crippen molar-refractivity contribution in [1.29, 1.82) is 0 Å². The van der Waals surface area contributed by atoms with Gasteiger partial charge in [0.25, 0.3) is 0 Å². The van der Waals surface area contributed by atoms with E-state index in [1.54, 1.807) is 0 Å². The largest absolute Gasteiger partial charge is 0.748 e. The molecule has 3 rings (SSSR count). The number of hydrogen-bond acceptors (Lipinski definition) is 6. The van der Waals surface area contributed by atoms with Crippen molar-refractivity contribution < 1.29 is 31.6 Å². The number of halogens is 1. The number of rotatable bonds is 6. The molecule has 0 unspecified atom stereocenters. The highest BCUT2D eigenvalue weighted by molar-refractivity contribution is 7.85. The van der Waals surface area contributed by atoms with E-state index in [9.17, 15) is 22.2 Å². The van der Waals surface area contributed by atoms with E-state index in [2.05, 4.69) is 11.8 Å². The number of esters is 1. The number of hydrogen-bond donors (Lipinski definition) is 0. The molecule has 0 saturated heterocycles. The van der Waals surface area contributed by atoms with Crippen molar-refractivity contribution in [3.63, 3.8) is 0 Å². The van der Waals surface area contributed by atoms with Crippen molar-refractivity contribution in [3.05, 3.63) is 29.6 Å². The van der Waals surface area contributed by atoms with Gasteiger partial charge in [-0.3, -0.25) is 0 Å². The topological polar surface area (TPSA) is 92.7 Å². The normalized spacial score (nSPS) is 19.0. The SMILES string of the molecule is O=C(OCCS(=O)(=O)[O-])c1ccc(F)c(OC2(C#CC3CCCC3)CCCCC2)c1. The number of carbonyl (C=O) groups excluding carboxylic acids is 1. The molecule has 6 nitrogen and oxygen atoms in total. The first-order valence-electron chi connectivity index (χ1n) is 10.4. The molecule has 0 aliphatic heterocycles. The van der Waals surface area contributed by atoms with Gasteiger partial charge in [-0.15, -0.1) is 0 Å². The van der Waals surface area contributed by atoms with Gasteiger partial charge in [-0.1, -0.05) is 31.1 Å². The second-order valence-corrected chi connectivity index (χ2v) is 9.47. The van der Waals surface area contributed by atoms with Crippen LogP contribution in [0.5, 0.6) is 5.75 Å². The molecular formula is C22H26FO6S-. The summed E-state index contributed by atoms with van der Waals surface area (Å²) in [5.41, 5.74) is -0.759. The molecule has 1 aromatic rings. The maximum atomic E-state index is 14.5. The Bertz CT molecular complexity index is 919. The molecule has 8 heteroatoms. The Morgan fingerprint density at radius 2 is 1.87 bits per heavy atom. The zero-order valence-electron chi connectivity index (χ0n) is 16.8. The predicted molar refractivity (Wildman–Crippen MR) is 107 cm³/mol. The van der Waals surface area contributed by atoms with E-state index >= 15 is 0 Å². The van der Waals surface area contributed by atoms with Crippen LogP contribution in [0.3, 0.4) is 0 Å². The van der Waals surface area contributed by atoms with E-state index in [4.69, 9.17) is 9.47 Å². The summed E-state index contributed by atoms with van der Waals surface area (Å²) in [6, 6.07) is 3.59. The number of carbonyl (C=O) groups is 1. The fraction of sp³-hybridized carbons (Fsp3) is 0.591. The van der Waals surface area contributed by atoms with Crippen LogP contribution in [0.4, 0.5) is 4.39 Å². The van der Waals surface area contributed by atoms with E-state index in [-0.39, 0.29) is 11.3 Å². The van der Waals surface area contributed by atoms with Crippen LogP contribution in [0.1, 0.15) is 68.1 Å². The van der Waals surface area contributed by atoms with Gasteiger partial charge in [-0.25, -0.2) is 17.6 Å². The van der Waals surface area contributed by atoms with Crippen LogP contribution in [0, 0.1) is 23.6 Å². The van der Waals surface area contributed by atoms with Crippen molar-refractivity contribution in [3.8, 4) is 17.6 Å². The summed E-state index contributed by atoms with van der Waals surface area (Å²) in [6.07, 6.45) is 8.87. The van der Waals surface area contributed by atoms with Gasteiger partial charge in [0.15, 0.2) is 17.2 Å². The fourth-order valence-electron chi connectivity index (χ4n) is 3.92.